The Labute approximate surface area is 125 Å². The third-order valence-corrected chi connectivity index (χ3v) is 4.68. The maximum Gasteiger partial charge on any atom is 0.0931 e. The smallest absolute Gasteiger partial charge is 0.0931 e. The topological polar surface area (TPSA) is 12.9 Å². The van der Waals surface area contributed by atoms with Crippen LogP contribution in [0, 0.1) is 12.8 Å². The fourth-order valence-electron chi connectivity index (χ4n) is 1.92. The van der Waals surface area contributed by atoms with Crippen molar-refractivity contribution in [2.75, 3.05) is 5.88 Å². The molecule has 1 atom stereocenters. The summed E-state index contributed by atoms with van der Waals surface area (Å²) < 4.78 is 1.12. The van der Waals surface area contributed by atoms with Gasteiger partial charge in [-0.05, 0) is 37.0 Å². The van der Waals surface area contributed by atoms with Crippen LogP contribution in [0.25, 0.3) is 0 Å². The number of alkyl halides is 1. The van der Waals surface area contributed by atoms with Gasteiger partial charge in [-0.3, -0.25) is 0 Å². The first-order valence-corrected chi connectivity index (χ1v) is 8.09. The van der Waals surface area contributed by atoms with Crippen LogP contribution < -0.4 is 0 Å². The van der Waals surface area contributed by atoms with E-state index in [9.17, 15) is 0 Å². The molecule has 1 nitrogen and oxygen atoms in total. The SMILES string of the molecule is Cc1csc(CC(CCl)Cc2cccc(Br)c2)n1. The van der Waals surface area contributed by atoms with Gasteiger partial charge in [0, 0.05) is 27.8 Å². The fourth-order valence-corrected chi connectivity index (χ4v) is 3.47. The van der Waals surface area contributed by atoms with Crippen molar-refractivity contribution < 1.29 is 0 Å². The average Bonchev–Trinajstić information content (AvgIpc) is 2.74. The molecule has 1 heterocycles. The van der Waals surface area contributed by atoms with Crippen molar-refractivity contribution >= 4 is 38.9 Å². The first-order chi connectivity index (χ1) is 8.67. The monoisotopic (exact) mass is 343 g/mol. The van der Waals surface area contributed by atoms with Crippen molar-refractivity contribution in [2.24, 2.45) is 5.92 Å². The lowest BCUT2D eigenvalue weighted by Gasteiger charge is -2.12. The summed E-state index contributed by atoms with van der Waals surface area (Å²) in [5, 5.41) is 3.29. The lowest BCUT2D eigenvalue weighted by molar-refractivity contribution is 0.581. The summed E-state index contributed by atoms with van der Waals surface area (Å²) in [6.07, 6.45) is 1.97. The first-order valence-electron chi connectivity index (χ1n) is 5.89. The maximum atomic E-state index is 6.08. The lowest BCUT2D eigenvalue weighted by Crippen LogP contribution is -2.10. The molecule has 2 aromatic rings. The van der Waals surface area contributed by atoms with Crippen LogP contribution in [-0.4, -0.2) is 10.9 Å². The first kappa shape index (κ1) is 14.0. The van der Waals surface area contributed by atoms with E-state index in [1.165, 1.54) is 10.6 Å². The number of thiazole rings is 1. The van der Waals surface area contributed by atoms with Gasteiger partial charge in [-0.2, -0.15) is 0 Å². The molecule has 0 amide bonds. The summed E-state index contributed by atoms with van der Waals surface area (Å²) in [5.41, 5.74) is 2.43. The van der Waals surface area contributed by atoms with Gasteiger partial charge in [-0.1, -0.05) is 28.1 Å². The summed E-state index contributed by atoms with van der Waals surface area (Å²) in [4.78, 5) is 4.51. The lowest BCUT2D eigenvalue weighted by atomic mass is 9.98. The van der Waals surface area contributed by atoms with Crippen LogP contribution >= 0.6 is 38.9 Å². The number of benzene rings is 1. The molecule has 1 aromatic carbocycles. The summed E-state index contributed by atoms with van der Waals surface area (Å²) >= 11 is 11.3. The molecule has 18 heavy (non-hydrogen) atoms. The van der Waals surface area contributed by atoms with Crippen molar-refractivity contribution in [3.8, 4) is 0 Å². The molecule has 0 spiro atoms. The molecule has 0 saturated carbocycles. The largest absolute Gasteiger partial charge is 0.247 e. The Hall–Kier alpha value is -0.380. The van der Waals surface area contributed by atoms with Gasteiger partial charge in [0.25, 0.3) is 0 Å². The van der Waals surface area contributed by atoms with E-state index in [-0.39, 0.29) is 0 Å². The number of aryl methyl sites for hydroxylation is 1. The molecule has 0 aliphatic heterocycles. The Kier molecular flexibility index (Phi) is 5.22. The molecule has 4 heteroatoms. The Balaban J connectivity index is 2.01. The van der Waals surface area contributed by atoms with E-state index < -0.39 is 0 Å². The second kappa shape index (κ2) is 6.69. The van der Waals surface area contributed by atoms with Gasteiger partial charge >= 0.3 is 0 Å². The molecule has 1 unspecified atom stereocenters. The fraction of sp³-hybridized carbons (Fsp3) is 0.357. The van der Waals surface area contributed by atoms with E-state index in [0.717, 1.165) is 23.0 Å². The van der Waals surface area contributed by atoms with E-state index in [1.54, 1.807) is 11.3 Å². The quantitative estimate of drug-likeness (QED) is 0.706. The number of hydrogen-bond donors (Lipinski definition) is 0. The van der Waals surface area contributed by atoms with E-state index in [1.807, 2.05) is 13.0 Å². The maximum absolute atomic E-state index is 6.08. The Bertz CT molecular complexity index is 512. The summed E-state index contributed by atoms with van der Waals surface area (Å²) in [7, 11) is 0. The van der Waals surface area contributed by atoms with E-state index in [0.29, 0.717) is 11.8 Å². The molecule has 0 aliphatic carbocycles. The van der Waals surface area contributed by atoms with Gasteiger partial charge in [-0.15, -0.1) is 22.9 Å². The van der Waals surface area contributed by atoms with Crippen LogP contribution in [0.2, 0.25) is 0 Å². The number of halogens is 2. The molecule has 0 fully saturated rings. The molecule has 0 bridgehead atoms. The van der Waals surface area contributed by atoms with Gasteiger partial charge in [0.1, 0.15) is 0 Å². The van der Waals surface area contributed by atoms with Crippen LogP contribution in [0.4, 0.5) is 0 Å². The minimum absolute atomic E-state index is 0.450. The number of nitrogens with zero attached hydrogens (tertiary/aromatic N) is 1. The molecule has 2 rings (SSSR count). The van der Waals surface area contributed by atoms with Crippen molar-refractivity contribution in [1.29, 1.82) is 0 Å². The molecular formula is C14H15BrClNS. The second-order valence-corrected chi connectivity index (χ2v) is 6.61. The minimum atomic E-state index is 0.450. The van der Waals surface area contributed by atoms with Gasteiger partial charge in [0.05, 0.1) is 5.01 Å². The standard InChI is InChI=1S/C14H15BrClNS/c1-10-9-18-14(17-10)7-12(8-16)5-11-3-2-4-13(15)6-11/h2-4,6,9,12H,5,7-8H2,1H3. The van der Waals surface area contributed by atoms with Gasteiger partial charge < -0.3 is 0 Å². The van der Waals surface area contributed by atoms with Crippen molar-refractivity contribution in [2.45, 2.75) is 19.8 Å². The van der Waals surface area contributed by atoms with Crippen molar-refractivity contribution in [3.63, 3.8) is 0 Å². The zero-order chi connectivity index (χ0) is 13.0. The Morgan fingerprint density at radius 1 is 1.39 bits per heavy atom. The summed E-state index contributed by atoms with van der Waals surface area (Å²) in [6, 6.07) is 8.42. The molecule has 0 saturated heterocycles. The van der Waals surface area contributed by atoms with Crippen molar-refractivity contribution in [3.05, 3.63) is 50.4 Å². The van der Waals surface area contributed by atoms with Crippen molar-refractivity contribution in [1.82, 2.24) is 4.98 Å². The van der Waals surface area contributed by atoms with Gasteiger partial charge in [-0.25, -0.2) is 4.98 Å². The Morgan fingerprint density at radius 3 is 2.83 bits per heavy atom. The van der Waals surface area contributed by atoms with Crippen LogP contribution in [0.5, 0.6) is 0 Å². The van der Waals surface area contributed by atoms with E-state index in [4.69, 9.17) is 11.6 Å². The highest BCUT2D eigenvalue weighted by molar-refractivity contribution is 9.10. The predicted octanol–water partition coefficient (Wildman–Crippen LogP) is 4.85. The third kappa shape index (κ3) is 4.08. The van der Waals surface area contributed by atoms with E-state index >= 15 is 0 Å². The average molecular weight is 345 g/mol. The highest BCUT2D eigenvalue weighted by Crippen LogP contribution is 2.20. The van der Waals surface area contributed by atoms with Crippen LogP contribution in [0.15, 0.2) is 34.1 Å². The zero-order valence-electron chi connectivity index (χ0n) is 10.2. The van der Waals surface area contributed by atoms with Crippen LogP contribution in [-0.2, 0) is 12.8 Å². The predicted molar refractivity (Wildman–Crippen MR) is 82.6 cm³/mol. The molecule has 96 valence electrons. The molecule has 1 aromatic heterocycles. The van der Waals surface area contributed by atoms with E-state index in [2.05, 4.69) is 44.5 Å². The normalized spacial score (nSPS) is 12.6. The number of hydrogen-bond acceptors (Lipinski definition) is 2. The Morgan fingerprint density at radius 2 is 2.22 bits per heavy atom. The van der Waals surface area contributed by atoms with Gasteiger partial charge in [0.15, 0.2) is 0 Å². The molecule has 0 N–H and O–H groups in total. The van der Waals surface area contributed by atoms with Gasteiger partial charge in [0.2, 0.25) is 0 Å². The number of rotatable bonds is 5. The molecule has 0 aliphatic rings. The van der Waals surface area contributed by atoms with Crippen LogP contribution in [0.3, 0.4) is 0 Å². The second-order valence-electron chi connectivity index (χ2n) is 4.44. The highest BCUT2D eigenvalue weighted by Gasteiger charge is 2.12. The van der Waals surface area contributed by atoms with Crippen LogP contribution in [0.1, 0.15) is 16.3 Å². The number of aromatic nitrogens is 1. The highest BCUT2D eigenvalue weighted by atomic mass is 79.9. The zero-order valence-corrected chi connectivity index (χ0v) is 13.4. The molecule has 0 radical (unpaired) electrons. The minimum Gasteiger partial charge on any atom is -0.247 e. The summed E-state index contributed by atoms with van der Waals surface area (Å²) in [5.74, 6) is 1.12. The molecular weight excluding hydrogens is 330 g/mol. The summed E-state index contributed by atoms with van der Waals surface area (Å²) in [6.45, 7) is 2.03. The third-order valence-electron chi connectivity index (χ3n) is 2.76.